The van der Waals surface area contributed by atoms with Gasteiger partial charge in [-0.2, -0.15) is 10.1 Å². The van der Waals surface area contributed by atoms with Crippen LogP contribution in [0, 0.1) is 19.7 Å². The lowest BCUT2D eigenvalue weighted by atomic mass is 10.2. The molecule has 0 unspecified atom stereocenters. The molecule has 7 nitrogen and oxygen atoms in total. The number of amides is 1. The second kappa shape index (κ2) is 9.05. The van der Waals surface area contributed by atoms with E-state index in [2.05, 4.69) is 15.4 Å². The minimum Gasteiger partial charge on any atom is -0.494 e. The number of nitrogens with zero attached hydrogens (tertiary/aromatic N) is 3. The first-order valence-corrected chi connectivity index (χ1v) is 10.2. The second-order valence-corrected chi connectivity index (χ2v) is 7.25. The number of aromatic nitrogens is 3. The van der Waals surface area contributed by atoms with Crippen molar-refractivity contribution in [2.75, 3.05) is 18.5 Å². The zero-order valence-corrected chi connectivity index (χ0v) is 18.1. The van der Waals surface area contributed by atoms with E-state index in [1.165, 1.54) is 12.1 Å². The Balaban J connectivity index is 1.52. The third-order valence-electron chi connectivity index (χ3n) is 4.84. The molecule has 1 N–H and O–H groups in total. The number of hydrogen-bond donors (Lipinski definition) is 1. The van der Waals surface area contributed by atoms with Gasteiger partial charge in [-0.3, -0.25) is 4.79 Å². The fourth-order valence-corrected chi connectivity index (χ4v) is 3.47. The summed E-state index contributed by atoms with van der Waals surface area (Å²) in [6.07, 6.45) is 0. The lowest BCUT2D eigenvalue weighted by Crippen LogP contribution is -2.20. The molecule has 0 saturated carbocycles. The highest BCUT2D eigenvalue weighted by molar-refractivity contribution is 5.92. The Hall–Kier alpha value is -3.94. The number of aryl methyl sites for hydroxylation is 2. The van der Waals surface area contributed by atoms with Crippen LogP contribution in [-0.2, 0) is 4.79 Å². The molecule has 2 aromatic carbocycles. The van der Waals surface area contributed by atoms with Gasteiger partial charge < -0.3 is 14.8 Å². The minimum absolute atomic E-state index is 0.210. The fourth-order valence-electron chi connectivity index (χ4n) is 3.47. The topological polar surface area (TPSA) is 78.3 Å². The summed E-state index contributed by atoms with van der Waals surface area (Å²) in [5, 5.41) is 8.15. The van der Waals surface area contributed by atoms with Gasteiger partial charge in [-0.25, -0.2) is 9.07 Å². The summed E-state index contributed by atoms with van der Waals surface area (Å²) < 4.78 is 26.4. The van der Waals surface area contributed by atoms with Gasteiger partial charge in [-0.05, 0) is 68.8 Å². The number of nitrogens with one attached hydrogen (secondary N) is 1. The van der Waals surface area contributed by atoms with Crippen molar-refractivity contribution in [3.05, 3.63) is 71.7 Å². The minimum atomic E-state index is -0.362. The van der Waals surface area contributed by atoms with Crippen LogP contribution in [-0.4, -0.2) is 33.9 Å². The molecule has 0 atom stereocenters. The van der Waals surface area contributed by atoms with Gasteiger partial charge in [0, 0.05) is 17.1 Å². The van der Waals surface area contributed by atoms with Crippen molar-refractivity contribution < 1.29 is 18.7 Å². The highest BCUT2D eigenvalue weighted by Crippen LogP contribution is 2.27. The van der Waals surface area contributed by atoms with Crippen LogP contribution in [0.15, 0.2) is 54.6 Å². The number of carbonyl (C=O) groups is 1. The van der Waals surface area contributed by atoms with E-state index in [4.69, 9.17) is 9.47 Å². The van der Waals surface area contributed by atoms with Crippen LogP contribution >= 0.6 is 0 Å². The van der Waals surface area contributed by atoms with Crippen molar-refractivity contribution in [2.45, 2.75) is 20.8 Å². The normalized spacial score (nSPS) is 10.9. The molecule has 1 amide bonds. The second-order valence-electron chi connectivity index (χ2n) is 7.25. The summed E-state index contributed by atoms with van der Waals surface area (Å²) in [6, 6.07) is 15.0. The smallest absolute Gasteiger partial charge is 0.262 e. The Morgan fingerprint density at radius 3 is 2.59 bits per heavy atom. The molecular formula is C24H23FN4O3. The Bertz CT molecular complexity index is 1270. The summed E-state index contributed by atoms with van der Waals surface area (Å²) in [4.78, 5) is 16.9. The lowest BCUT2D eigenvalue weighted by molar-refractivity contribution is -0.118. The van der Waals surface area contributed by atoms with Crippen molar-refractivity contribution in [3.8, 4) is 17.3 Å². The number of carbonyl (C=O) groups excluding carboxylic acids is 1. The largest absolute Gasteiger partial charge is 0.494 e. The van der Waals surface area contributed by atoms with Crippen molar-refractivity contribution in [3.63, 3.8) is 0 Å². The van der Waals surface area contributed by atoms with E-state index < -0.39 is 0 Å². The van der Waals surface area contributed by atoms with E-state index in [1.54, 1.807) is 47.1 Å². The maximum Gasteiger partial charge on any atom is 0.262 e. The van der Waals surface area contributed by atoms with Crippen LogP contribution in [0.1, 0.15) is 18.2 Å². The quantitative estimate of drug-likeness (QED) is 0.460. The first kappa shape index (κ1) is 21.3. The highest BCUT2D eigenvalue weighted by Gasteiger charge is 2.16. The molecule has 2 heterocycles. The standard InChI is InChI=1S/C24H23FN4O3/c1-4-31-20-10-8-18(9-11-20)26-21(30)14-32-22-12-15(2)23-16(3)28-29(24(23)27-22)19-7-5-6-17(25)13-19/h5-13H,4,14H2,1-3H3,(H,26,30). The molecule has 8 heteroatoms. The van der Waals surface area contributed by atoms with Gasteiger partial charge >= 0.3 is 0 Å². The third-order valence-corrected chi connectivity index (χ3v) is 4.84. The number of anilines is 1. The molecule has 0 aliphatic rings. The zero-order chi connectivity index (χ0) is 22.7. The maximum atomic E-state index is 13.7. The summed E-state index contributed by atoms with van der Waals surface area (Å²) in [5.41, 5.74) is 3.41. The maximum absolute atomic E-state index is 13.7. The van der Waals surface area contributed by atoms with E-state index in [-0.39, 0.29) is 24.2 Å². The Kier molecular flexibility index (Phi) is 6.02. The first-order valence-electron chi connectivity index (χ1n) is 10.2. The molecule has 2 aromatic heterocycles. The van der Waals surface area contributed by atoms with Crippen LogP contribution in [0.25, 0.3) is 16.7 Å². The van der Waals surface area contributed by atoms with Crippen molar-refractivity contribution >= 4 is 22.6 Å². The molecule has 0 spiro atoms. The SMILES string of the molecule is CCOc1ccc(NC(=O)COc2cc(C)c3c(C)nn(-c4cccc(F)c4)c3n2)cc1. The predicted molar refractivity (Wildman–Crippen MR) is 120 cm³/mol. The number of pyridine rings is 1. The lowest BCUT2D eigenvalue weighted by Gasteiger charge is -2.10. The van der Waals surface area contributed by atoms with Gasteiger partial charge in [0.1, 0.15) is 11.6 Å². The van der Waals surface area contributed by atoms with E-state index in [1.807, 2.05) is 20.8 Å². The Morgan fingerprint density at radius 1 is 1.09 bits per heavy atom. The van der Waals surface area contributed by atoms with Crippen molar-refractivity contribution in [1.82, 2.24) is 14.8 Å². The Morgan fingerprint density at radius 2 is 1.88 bits per heavy atom. The van der Waals surface area contributed by atoms with Gasteiger partial charge in [-0.15, -0.1) is 0 Å². The number of rotatable bonds is 7. The monoisotopic (exact) mass is 434 g/mol. The Labute approximate surface area is 184 Å². The van der Waals surface area contributed by atoms with Crippen molar-refractivity contribution in [2.24, 2.45) is 0 Å². The molecule has 0 aliphatic carbocycles. The third kappa shape index (κ3) is 4.54. The van der Waals surface area contributed by atoms with E-state index in [0.717, 1.165) is 22.4 Å². The molecule has 0 radical (unpaired) electrons. The van der Waals surface area contributed by atoms with Crippen LogP contribution < -0.4 is 14.8 Å². The molecule has 4 aromatic rings. The molecule has 0 bridgehead atoms. The summed E-state index contributed by atoms with van der Waals surface area (Å²) in [7, 11) is 0. The average molecular weight is 434 g/mol. The number of fused-ring (bicyclic) bond motifs is 1. The summed E-state index contributed by atoms with van der Waals surface area (Å²) in [5.74, 6) is 0.344. The first-order chi connectivity index (χ1) is 15.4. The van der Waals surface area contributed by atoms with Crippen LogP contribution in [0.2, 0.25) is 0 Å². The fraction of sp³-hybridized carbons (Fsp3) is 0.208. The number of halogens is 1. The molecule has 0 fully saturated rings. The predicted octanol–water partition coefficient (Wildman–Crippen LogP) is 4.59. The number of benzene rings is 2. The van der Waals surface area contributed by atoms with Gasteiger partial charge in [-0.1, -0.05) is 6.07 Å². The van der Waals surface area contributed by atoms with Gasteiger partial charge in [0.05, 0.1) is 18.0 Å². The number of hydrogen-bond acceptors (Lipinski definition) is 5. The van der Waals surface area contributed by atoms with Gasteiger partial charge in [0.25, 0.3) is 5.91 Å². The number of ether oxygens (including phenoxy) is 2. The molecule has 0 saturated heterocycles. The van der Waals surface area contributed by atoms with Crippen LogP contribution in [0.5, 0.6) is 11.6 Å². The van der Waals surface area contributed by atoms with Crippen LogP contribution in [0.4, 0.5) is 10.1 Å². The summed E-state index contributed by atoms with van der Waals surface area (Å²) >= 11 is 0. The average Bonchev–Trinajstić information content (AvgIpc) is 3.11. The summed E-state index contributed by atoms with van der Waals surface area (Å²) in [6.45, 7) is 6.07. The molecule has 4 rings (SSSR count). The van der Waals surface area contributed by atoms with Gasteiger partial charge in [0.15, 0.2) is 12.3 Å². The molecule has 0 aliphatic heterocycles. The van der Waals surface area contributed by atoms with Gasteiger partial charge in [0.2, 0.25) is 5.88 Å². The molecule has 164 valence electrons. The van der Waals surface area contributed by atoms with E-state index in [0.29, 0.717) is 23.6 Å². The van der Waals surface area contributed by atoms with E-state index >= 15 is 0 Å². The zero-order valence-electron chi connectivity index (χ0n) is 18.1. The van der Waals surface area contributed by atoms with Crippen LogP contribution in [0.3, 0.4) is 0 Å². The highest BCUT2D eigenvalue weighted by atomic mass is 19.1. The van der Waals surface area contributed by atoms with E-state index in [9.17, 15) is 9.18 Å². The molecular weight excluding hydrogens is 411 g/mol. The van der Waals surface area contributed by atoms with Crippen molar-refractivity contribution in [1.29, 1.82) is 0 Å². The molecule has 32 heavy (non-hydrogen) atoms.